The van der Waals surface area contributed by atoms with Gasteiger partial charge in [0.15, 0.2) is 17.2 Å². The van der Waals surface area contributed by atoms with Gasteiger partial charge in [0.05, 0.1) is 5.56 Å². The molecule has 0 fully saturated rings. The summed E-state index contributed by atoms with van der Waals surface area (Å²) in [6.07, 6.45) is 2.18. The maximum Gasteiger partial charge on any atom is 0.171 e. The molecule has 0 radical (unpaired) electrons. The highest BCUT2D eigenvalue weighted by molar-refractivity contribution is 6.31. The number of carbonyl (C=O) groups excluding carboxylic acids is 1. The Morgan fingerprint density at radius 1 is 1.24 bits per heavy atom. The van der Waals surface area contributed by atoms with Crippen LogP contribution in [0, 0.1) is 0 Å². The molecule has 0 spiro atoms. The van der Waals surface area contributed by atoms with Gasteiger partial charge in [-0.3, -0.25) is 4.79 Å². The number of aromatic nitrogens is 1. The number of nitrogens with zero attached hydrogens (tertiary/aromatic N) is 1. The Balaban J connectivity index is 2.16. The normalized spacial score (nSPS) is 9.94. The molecule has 2 aromatic rings. The molecule has 0 atom stereocenters. The molecule has 1 heterocycles. The highest BCUT2D eigenvalue weighted by atomic mass is 35.5. The van der Waals surface area contributed by atoms with Gasteiger partial charge in [0.2, 0.25) is 0 Å². The van der Waals surface area contributed by atoms with Crippen molar-refractivity contribution >= 4 is 17.9 Å². The van der Waals surface area contributed by atoms with Crippen LogP contribution in [0.3, 0.4) is 0 Å². The maximum atomic E-state index is 10.8. The first-order chi connectivity index (χ1) is 8.31. The van der Waals surface area contributed by atoms with Gasteiger partial charge in [-0.2, -0.15) is 0 Å². The minimum absolute atomic E-state index is 0.200. The van der Waals surface area contributed by atoms with Crippen molar-refractivity contribution in [1.82, 2.24) is 4.98 Å². The molecule has 17 heavy (non-hydrogen) atoms. The van der Waals surface area contributed by atoms with Gasteiger partial charge in [-0.05, 0) is 11.6 Å². The Morgan fingerprint density at radius 3 is 2.71 bits per heavy atom. The summed E-state index contributed by atoms with van der Waals surface area (Å²) in [4.78, 5) is 14.7. The molecule has 0 amide bonds. The van der Waals surface area contributed by atoms with Gasteiger partial charge in [-0.1, -0.05) is 41.9 Å². The van der Waals surface area contributed by atoms with Crippen LogP contribution >= 0.6 is 11.6 Å². The third-order valence-electron chi connectivity index (χ3n) is 2.24. The molecule has 1 aromatic heterocycles. The van der Waals surface area contributed by atoms with E-state index >= 15 is 0 Å². The lowest BCUT2D eigenvalue weighted by atomic mass is 10.2. The van der Waals surface area contributed by atoms with Crippen molar-refractivity contribution in [2.45, 2.75) is 6.61 Å². The van der Waals surface area contributed by atoms with E-state index in [1.165, 1.54) is 6.20 Å². The molecule has 0 N–H and O–H groups in total. The molecule has 0 saturated heterocycles. The van der Waals surface area contributed by atoms with Crippen molar-refractivity contribution in [2.75, 3.05) is 0 Å². The summed E-state index contributed by atoms with van der Waals surface area (Å²) in [7, 11) is 0. The first-order valence-electron chi connectivity index (χ1n) is 5.07. The van der Waals surface area contributed by atoms with E-state index in [-0.39, 0.29) is 5.15 Å². The van der Waals surface area contributed by atoms with Crippen LogP contribution in [0.2, 0.25) is 5.15 Å². The van der Waals surface area contributed by atoms with Crippen LogP contribution in [-0.4, -0.2) is 11.3 Å². The first-order valence-corrected chi connectivity index (χ1v) is 5.45. The fraction of sp³-hybridized carbons (Fsp3) is 0.0769. The Bertz CT molecular complexity index is 514. The minimum atomic E-state index is 0.200. The molecule has 1 aromatic carbocycles. The molecule has 0 aliphatic carbocycles. The number of rotatable bonds is 4. The van der Waals surface area contributed by atoms with Gasteiger partial charge >= 0.3 is 0 Å². The van der Waals surface area contributed by atoms with Gasteiger partial charge < -0.3 is 4.74 Å². The summed E-state index contributed by atoms with van der Waals surface area (Å²) in [5, 5.41) is 0.200. The first kappa shape index (κ1) is 11.6. The van der Waals surface area contributed by atoms with Crippen LogP contribution in [0.4, 0.5) is 0 Å². The number of hydrogen-bond donors (Lipinski definition) is 0. The predicted octanol–water partition coefficient (Wildman–Crippen LogP) is 3.13. The second-order valence-corrected chi connectivity index (χ2v) is 3.77. The summed E-state index contributed by atoms with van der Waals surface area (Å²) < 4.78 is 5.52. The predicted molar refractivity (Wildman–Crippen MR) is 65.4 cm³/mol. The summed E-state index contributed by atoms with van der Waals surface area (Å²) in [5.41, 5.74) is 1.41. The number of ether oxygens (including phenoxy) is 1. The molecule has 2 rings (SSSR count). The van der Waals surface area contributed by atoms with E-state index in [2.05, 4.69) is 4.98 Å². The maximum absolute atomic E-state index is 10.8. The van der Waals surface area contributed by atoms with E-state index in [9.17, 15) is 4.79 Å². The second kappa shape index (κ2) is 5.46. The van der Waals surface area contributed by atoms with Crippen LogP contribution in [0.1, 0.15) is 15.9 Å². The highest BCUT2D eigenvalue weighted by Crippen LogP contribution is 2.25. The van der Waals surface area contributed by atoms with Gasteiger partial charge in [-0.15, -0.1) is 0 Å². The third kappa shape index (κ3) is 2.82. The van der Waals surface area contributed by atoms with Crippen LogP contribution in [-0.2, 0) is 6.61 Å². The molecule has 0 unspecified atom stereocenters. The summed E-state index contributed by atoms with van der Waals surface area (Å²) >= 11 is 5.88. The van der Waals surface area contributed by atoms with E-state index < -0.39 is 0 Å². The Labute approximate surface area is 104 Å². The molecule has 0 saturated carbocycles. The number of benzene rings is 1. The van der Waals surface area contributed by atoms with Gasteiger partial charge in [0.1, 0.15) is 6.61 Å². The standard InChI is InChI=1S/C13H10ClNO2/c14-13-12(11(8-16)6-7-15-13)17-9-10-4-2-1-3-5-10/h1-8H,9H2. The summed E-state index contributed by atoms with van der Waals surface area (Å²) in [5.74, 6) is 0.327. The zero-order valence-electron chi connectivity index (χ0n) is 8.97. The number of hydrogen-bond acceptors (Lipinski definition) is 3. The van der Waals surface area contributed by atoms with Crippen molar-refractivity contribution in [3.05, 3.63) is 58.9 Å². The van der Waals surface area contributed by atoms with E-state index in [4.69, 9.17) is 16.3 Å². The lowest BCUT2D eigenvalue weighted by Gasteiger charge is -2.09. The topological polar surface area (TPSA) is 39.2 Å². The largest absolute Gasteiger partial charge is 0.485 e. The molecular formula is C13H10ClNO2. The SMILES string of the molecule is O=Cc1ccnc(Cl)c1OCc1ccccc1. The molecule has 3 nitrogen and oxygen atoms in total. The van der Waals surface area contributed by atoms with Crippen molar-refractivity contribution in [2.24, 2.45) is 0 Å². The number of pyridine rings is 1. The third-order valence-corrected chi connectivity index (χ3v) is 2.51. The van der Waals surface area contributed by atoms with Crippen LogP contribution < -0.4 is 4.74 Å². The van der Waals surface area contributed by atoms with Crippen LogP contribution in [0.15, 0.2) is 42.6 Å². The summed E-state index contributed by atoms with van der Waals surface area (Å²) in [6.45, 7) is 0.354. The lowest BCUT2D eigenvalue weighted by molar-refractivity contribution is 0.111. The fourth-order valence-corrected chi connectivity index (χ4v) is 1.62. The Hall–Kier alpha value is -1.87. The zero-order valence-corrected chi connectivity index (χ0v) is 9.72. The quantitative estimate of drug-likeness (QED) is 0.616. The number of halogens is 1. The van der Waals surface area contributed by atoms with Crippen molar-refractivity contribution in [3.8, 4) is 5.75 Å². The molecular weight excluding hydrogens is 238 g/mol. The van der Waals surface area contributed by atoms with Crippen molar-refractivity contribution < 1.29 is 9.53 Å². The minimum Gasteiger partial charge on any atom is -0.485 e. The van der Waals surface area contributed by atoms with Crippen LogP contribution in [0.25, 0.3) is 0 Å². The van der Waals surface area contributed by atoms with Crippen LogP contribution in [0.5, 0.6) is 5.75 Å². The monoisotopic (exact) mass is 247 g/mol. The Kier molecular flexibility index (Phi) is 3.73. The summed E-state index contributed by atoms with van der Waals surface area (Å²) in [6, 6.07) is 11.2. The van der Waals surface area contributed by atoms with Gasteiger partial charge in [-0.25, -0.2) is 4.98 Å². The van der Waals surface area contributed by atoms with Gasteiger partial charge in [0, 0.05) is 6.20 Å². The van der Waals surface area contributed by atoms with E-state index in [0.717, 1.165) is 5.56 Å². The Morgan fingerprint density at radius 2 is 2.00 bits per heavy atom. The van der Waals surface area contributed by atoms with E-state index in [1.54, 1.807) is 6.07 Å². The highest BCUT2D eigenvalue weighted by Gasteiger charge is 2.08. The molecule has 0 aliphatic rings. The molecule has 0 aliphatic heterocycles. The molecule has 86 valence electrons. The van der Waals surface area contributed by atoms with Gasteiger partial charge in [0.25, 0.3) is 0 Å². The second-order valence-electron chi connectivity index (χ2n) is 3.41. The number of carbonyl (C=O) groups is 1. The average molecular weight is 248 g/mol. The van der Waals surface area contributed by atoms with Crippen molar-refractivity contribution in [3.63, 3.8) is 0 Å². The lowest BCUT2D eigenvalue weighted by Crippen LogP contribution is -1.99. The van der Waals surface area contributed by atoms with Crippen molar-refractivity contribution in [1.29, 1.82) is 0 Å². The molecule has 4 heteroatoms. The average Bonchev–Trinajstić information content (AvgIpc) is 2.38. The fourth-order valence-electron chi connectivity index (χ4n) is 1.40. The number of aldehydes is 1. The van der Waals surface area contributed by atoms with E-state index in [1.807, 2.05) is 30.3 Å². The smallest absolute Gasteiger partial charge is 0.171 e. The van der Waals surface area contributed by atoms with E-state index in [0.29, 0.717) is 24.2 Å². The zero-order chi connectivity index (χ0) is 12.1. The molecule has 0 bridgehead atoms.